The van der Waals surface area contributed by atoms with E-state index in [1.54, 1.807) is 6.21 Å². The molecule has 1 aromatic heterocycles. The number of hydrazone groups is 1. The van der Waals surface area contributed by atoms with Crippen LogP contribution in [0.4, 0.5) is 17.6 Å². The Bertz CT molecular complexity index is 856. The van der Waals surface area contributed by atoms with Crippen LogP contribution in [0, 0.1) is 0 Å². The number of anilines is 3. The van der Waals surface area contributed by atoms with Gasteiger partial charge >= 0.3 is 5.97 Å². The first-order valence-corrected chi connectivity index (χ1v) is 12.5. The number of nitrogens with zero attached hydrogens (tertiary/aromatic N) is 5. The molecule has 1 aromatic rings. The molecule has 0 amide bonds. The second-order valence-corrected chi connectivity index (χ2v) is 8.50. The van der Waals surface area contributed by atoms with Gasteiger partial charge < -0.3 is 40.9 Å². The summed E-state index contributed by atoms with van der Waals surface area (Å²) < 4.78 is 15.5. The number of esters is 1. The van der Waals surface area contributed by atoms with Crippen LogP contribution in [0.3, 0.4) is 0 Å². The molecule has 0 saturated carbocycles. The summed E-state index contributed by atoms with van der Waals surface area (Å²) in [7, 11) is 1.36. The lowest BCUT2D eigenvalue weighted by Crippen LogP contribution is -2.37. The molecule has 0 spiro atoms. The average molecular weight is 506 g/mol. The molecule has 2 fully saturated rings. The van der Waals surface area contributed by atoms with Gasteiger partial charge in [0.05, 0.1) is 45.6 Å². The van der Waals surface area contributed by atoms with Gasteiger partial charge in [0.1, 0.15) is 11.6 Å². The van der Waals surface area contributed by atoms with Crippen LogP contribution >= 0.6 is 0 Å². The maximum absolute atomic E-state index is 11.0. The lowest BCUT2D eigenvalue weighted by molar-refractivity contribution is -0.141. The second kappa shape index (κ2) is 15.9. The number of methoxy groups -OCH3 is 1. The topological polar surface area (TPSA) is 161 Å². The molecule has 2 saturated heterocycles. The van der Waals surface area contributed by atoms with Gasteiger partial charge in [-0.25, -0.2) is 0 Å². The first-order valence-electron chi connectivity index (χ1n) is 12.5. The molecule has 5 N–H and O–H groups in total. The zero-order valence-corrected chi connectivity index (χ0v) is 21.1. The van der Waals surface area contributed by atoms with Crippen LogP contribution < -0.4 is 26.7 Å². The Hall–Kier alpha value is -3.03. The molecule has 0 bridgehead atoms. The summed E-state index contributed by atoms with van der Waals surface area (Å²) in [4.78, 5) is 27.0. The molecule has 2 aliphatic heterocycles. The minimum atomic E-state index is -0.280. The maximum Gasteiger partial charge on any atom is 0.307 e. The van der Waals surface area contributed by atoms with Gasteiger partial charge in [-0.2, -0.15) is 15.1 Å². The number of rotatable bonds is 14. The highest BCUT2D eigenvalue weighted by Gasteiger charge is 2.18. The van der Waals surface area contributed by atoms with Crippen molar-refractivity contribution in [1.82, 2.24) is 15.3 Å². The fourth-order valence-electron chi connectivity index (χ4n) is 3.80. The Morgan fingerprint density at radius 1 is 1.31 bits per heavy atom. The fourth-order valence-corrected chi connectivity index (χ4v) is 3.80. The Balaban J connectivity index is 1.50. The first-order chi connectivity index (χ1) is 17.7. The maximum atomic E-state index is 11.0. The van der Waals surface area contributed by atoms with Crippen molar-refractivity contribution in [2.45, 2.75) is 31.7 Å². The number of nitrogens with one attached hydrogen (secondary N) is 3. The molecule has 3 rings (SSSR count). The minimum absolute atomic E-state index is 0.249. The highest BCUT2D eigenvalue weighted by atomic mass is 16.5. The van der Waals surface area contributed by atoms with Crippen LogP contribution in [0.25, 0.3) is 0 Å². The number of hydrogen-bond acceptors (Lipinski definition) is 13. The van der Waals surface area contributed by atoms with Crippen molar-refractivity contribution < 1.29 is 19.0 Å². The van der Waals surface area contributed by atoms with E-state index < -0.39 is 0 Å². The summed E-state index contributed by atoms with van der Waals surface area (Å²) in [6.45, 7) is 6.69. The van der Waals surface area contributed by atoms with E-state index in [9.17, 15) is 4.79 Å². The van der Waals surface area contributed by atoms with Crippen molar-refractivity contribution in [3.8, 4) is 0 Å². The number of hydrogen-bond donors (Lipinski definition) is 4. The Labute approximate surface area is 212 Å². The first kappa shape index (κ1) is 27.6. The number of ether oxygens (including phenoxy) is 3. The number of piperidine rings is 1. The van der Waals surface area contributed by atoms with Gasteiger partial charge in [0, 0.05) is 44.6 Å². The van der Waals surface area contributed by atoms with E-state index in [-0.39, 0.29) is 12.4 Å². The van der Waals surface area contributed by atoms with Gasteiger partial charge in [-0.1, -0.05) is 0 Å². The molecule has 13 heteroatoms. The average Bonchev–Trinajstić information content (AvgIpc) is 2.92. The third kappa shape index (κ3) is 9.91. The number of aliphatic imine (C=N–C) groups is 1. The molecule has 0 aromatic carbocycles. The molecule has 2 aliphatic rings. The summed E-state index contributed by atoms with van der Waals surface area (Å²) in [5.41, 5.74) is 0.579. The van der Waals surface area contributed by atoms with Crippen LogP contribution in [0.1, 0.15) is 25.7 Å². The standard InChI is InChI=1S/C23H39N9O4/c1-34-22(33)5-12-35-11-2-6-26-16-19(31-24)17-27-23-29-20(28-18-3-7-25-8-4-18)15-21(30-23)32-9-13-36-14-10-32/h15-16,18,25H,2-14,17,24H2,1H3,(H2,27,28,29,30). The fraction of sp³-hybridized carbons (Fsp3) is 0.696. The van der Waals surface area contributed by atoms with E-state index in [0.717, 1.165) is 57.1 Å². The van der Waals surface area contributed by atoms with Crippen molar-refractivity contribution in [3.05, 3.63) is 6.07 Å². The third-order valence-corrected chi connectivity index (χ3v) is 5.83. The van der Waals surface area contributed by atoms with E-state index >= 15 is 0 Å². The van der Waals surface area contributed by atoms with Crippen LogP contribution in [0.2, 0.25) is 0 Å². The van der Waals surface area contributed by atoms with Crippen molar-refractivity contribution in [2.24, 2.45) is 15.9 Å². The van der Waals surface area contributed by atoms with E-state index in [1.165, 1.54) is 7.11 Å². The summed E-state index contributed by atoms with van der Waals surface area (Å²) in [5, 5.41) is 14.0. The van der Waals surface area contributed by atoms with Crippen molar-refractivity contribution in [2.75, 3.05) is 88.3 Å². The van der Waals surface area contributed by atoms with Crippen LogP contribution in [-0.2, 0) is 19.0 Å². The predicted octanol–water partition coefficient (Wildman–Crippen LogP) is 0.244. The number of carbonyl (C=O) groups is 1. The SMILES string of the molecule is COC(=O)CCOCCCN=CC(CNc1nc(NC2CCNCC2)cc(N2CCOCC2)n1)=NN. The molecule has 0 atom stereocenters. The molecule has 13 nitrogen and oxygen atoms in total. The number of aromatic nitrogens is 2. The van der Waals surface area contributed by atoms with E-state index in [0.29, 0.717) is 57.2 Å². The van der Waals surface area contributed by atoms with Crippen LogP contribution in [-0.4, -0.2) is 107 Å². The molecule has 200 valence electrons. The lowest BCUT2D eigenvalue weighted by atomic mass is 10.1. The smallest absolute Gasteiger partial charge is 0.307 e. The summed E-state index contributed by atoms with van der Waals surface area (Å²) in [5.74, 6) is 7.45. The van der Waals surface area contributed by atoms with E-state index in [2.05, 4.69) is 40.7 Å². The monoisotopic (exact) mass is 505 g/mol. The Morgan fingerprint density at radius 3 is 2.86 bits per heavy atom. The Kier molecular flexibility index (Phi) is 12.1. The van der Waals surface area contributed by atoms with Gasteiger partial charge in [-0.05, 0) is 32.4 Å². The zero-order chi connectivity index (χ0) is 25.4. The number of carbonyl (C=O) groups excluding carboxylic acids is 1. The van der Waals surface area contributed by atoms with Gasteiger partial charge in [-0.15, -0.1) is 0 Å². The van der Waals surface area contributed by atoms with Gasteiger partial charge in [0.25, 0.3) is 0 Å². The molecule has 0 unspecified atom stereocenters. The number of morpholine rings is 1. The second-order valence-electron chi connectivity index (χ2n) is 8.50. The number of nitrogens with two attached hydrogens (primary N) is 1. The van der Waals surface area contributed by atoms with Crippen LogP contribution in [0.15, 0.2) is 16.2 Å². The molecular formula is C23H39N9O4. The van der Waals surface area contributed by atoms with Gasteiger partial charge in [0.15, 0.2) is 0 Å². The highest BCUT2D eigenvalue weighted by Crippen LogP contribution is 2.21. The van der Waals surface area contributed by atoms with E-state index in [1.807, 2.05) is 6.07 Å². The molecular weight excluding hydrogens is 466 g/mol. The molecule has 3 heterocycles. The molecule has 36 heavy (non-hydrogen) atoms. The zero-order valence-electron chi connectivity index (χ0n) is 21.1. The normalized spacial score (nSPS) is 17.4. The van der Waals surface area contributed by atoms with E-state index in [4.69, 9.17) is 20.3 Å². The third-order valence-electron chi connectivity index (χ3n) is 5.83. The predicted molar refractivity (Wildman–Crippen MR) is 140 cm³/mol. The molecule has 0 aliphatic carbocycles. The minimum Gasteiger partial charge on any atom is -0.469 e. The summed E-state index contributed by atoms with van der Waals surface area (Å²) >= 11 is 0. The highest BCUT2D eigenvalue weighted by molar-refractivity contribution is 6.32. The van der Waals surface area contributed by atoms with Crippen molar-refractivity contribution in [1.29, 1.82) is 0 Å². The van der Waals surface area contributed by atoms with Gasteiger partial charge in [-0.3, -0.25) is 9.79 Å². The summed E-state index contributed by atoms with van der Waals surface area (Å²) in [6.07, 6.45) is 4.72. The van der Waals surface area contributed by atoms with Gasteiger partial charge in [0.2, 0.25) is 5.95 Å². The van der Waals surface area contributed by atoms with Crippen LogP contribution in [0.5, 0.6) is 0 Å². The Morgan fingerprint density at radius 2 is 2.11 bits per heavy atom. The van der Waals surface area contributed by atoms with Crippen molar-refractivity contribution >= 4 is 35.5 Å². The largest absolute Gasteiger partial charge is 0.469 e. The van der Waals surface area contributed by atoms with Crippen molar-refractivity contribution in [3.63, 3.8) is 0 Å². The quantitative estimate of drug-likeness (QED) is 0.0901. The molecule has 0 radical (unpaired) electrons. The lowest BCUT2D eigenvalue weighted by Gasteiger charge is -2.29. The summed E-state index contributed by atoms with van der Waals surface area (Å²) in [6, 6.07) is 2.38.